The SMILES string of the molecule is Cc1ncc(-c2ccc3cnc(NC(=O)C4CCC(CO)CC4)cc3c2)n1C. The fourth-order valence-corrected chi connectivity index (χ4v) is 3.97. The number of hydrogen-bond donors (Lipinski definition) is 2. The average Bonchev–Trinajstić information content (AvgIpc) is 3.06. The molecule has 1 saturated carbocycles. The van der Waals surface area contributed by atoms with Crippen LogP contribution in [0.5, 0.6) is 0 Å². The predicted molar refractivity (Wildman–Crippen MR) is 110 cm³/mol. The zero-order valence-corrected chi connectivity index (χ0v) is 16.4. The number of aliphatic hydroxyl groups excluding tert-OH is 1. The lowest BCUT2D eigenvalue weighted by molar-refractivity contribution is -0.121. The van der Waals surface area contributed by atoms with E-state index in [1.807, 2.05) is 32.3 Å². The van der Waals surface area contributed by atoms with Crippen LogP contribution in [0.3, 0.4) is 0 Å². The topological polar surface area (TPSA) is 80.0 Å². The lowest BCUT2D eigenvalue weighted by Crippen LogP contribution is -2.28. The van der Waals surface area contributed by atoms with E-state index < -0.39 is 0 Å². The number of carbonyl (C=O) groups is 1. The number of amides is 1. The molecule has 1 aliphatic carbocycles. The maximum atomic E-state index is 12.6. The van der Waals surface area contributed by atoms with Crippen LogP contribution in [0.15, 0.2) is 36.7 Å². The van der Waals surface area contributed by atoms with Crippen LogP contribution in [0.4, 0.5) is 5.82 Å². The highest BCUT2D eigenvalue weighted by molar-refractivity contribution is 5.95. The normalized spacial score (nSPS) is 19.7. The highest BCUT2D eigenvalue weighted by atomic mass is 16.3. The Bertz CT molecular complexity index is 1000. The minimum Gasteiger partial charge on any atom is -0.396 e. The molecule has 0 unspecified atom stereocenters. The van der Waals surface area contributed by atoms with Crippen molar-refractivity contribution in [2.45, 2.75) is 32.6 Å². The van der Waals surface area contributed by atoms with Gasteiger partial charge in [0.2, 0.25) is 5.91 Å². The number of fused-ring (bicyclic) bond motifs is 1. The Morgan fingerprint density at radius 1 is 1.14 bits per heavy atom. The Morgan fingerprint density at radius 3 is 2.61 bits per heavy atom. The Hall–Kier alpha value is -2.73. The molecule has 0 saturated heterocycles. The minimum atomic E-state index is 0.00375. The number of imidazole rings is 1. The first-order chi connectivity index (χ1) is 13.5. The molecule has 0 spiro atoms. The predicted octanol–water partition coefficient (Wildman–Crippen LogP) is 3.68. The molecule has 6 heteroatoms. The molecule has 2 heterocycles. The first kappa shape index (κ1) is 18.6. The molecule has 3 aromatic rings. The van der Waals surface area contributed by atoms with Crippen molar-refractivity contribution in [1.82, 2.24) is 14.5 Å². The van der Waals surface area contributed by atoms with Crippen molar-refractivity contribution >= 4 is 22.5 Å². The molecule has 28 heavy (non-hydrogen) atoms. The van der Waals surface area contributed by atoms with E-state index in [0.717, 1.165) is 53.5 Å². The summed E-state index contributed by atoms with van der Waals surface area (Å²) in [5, 5.41) is 14.3. The molecule has 0 bridgehead atoms. The number of nitrogens with one attached hydrogen (secondary N) is 1. The second kappa shape index (κ2) is 7.72. The number of aliphatic hydroxyl groups is 1. The van der Waals surface area contributed by atoms with Crippen molar-refractivity contribution in [3.63, 3.8) is 0 Å². The van der Waals surface area contributed by atoms with Gasteiger partial charge in [0.1, 0.15) is 11.6 Å². The molecule has 2 aromatic heterocycles. The monoisotopic (exact) mass is 378 g/mol. The zero-order valence-electron chi connectivity index (χ0n) is 16.4. The van der Waals surface area contributed by atoms with Gasteiger partial charge in [-0.05, 0) is 56.0 Å². The van der Waals surface area contributed by atoms with Crippen molar-refractivity contribution < 1.29 is 9.90 Å². The molecular formula is C22H26N4O2. The maximum absolute atomic E-state index is 12.6. The summed E-state index contributed by atoms with van der Waals surface area (Å²) in [5.41, 5.74) is 2.14. The van der Waals surface area contributed by atoms with Gasteiger partial charge in [-0.25, -0.2) is 9.97 Å². The summed E-state index contributed by atoms with van der Waals surface area (Å²) in [7, 11) is 2.01. The maximum Gasteiger partial charge on any atom is 0.228 e. The number of hydrogen-bond acceptors (Lipinski definition) is 4. The Kier molecular flexibility index (Phi) is 5.13. The molecule has 0 atom stereocenters. The second-order valence-electron chi connectivity index (χ2n) is 7.77. The molecule has 1 aromatic carbocycles. The largest absolute Gasteiger partial charge is 0.396 e. The van der Waals surface area contributed by atoms with Gasteiger partial charge in [-0.2, -0.15) is 0 Å². The number of anilines is 1. The standard InChI is InChI=1S/C22H26N4O2/c1-14-23-12-20(26(14)2)17-7-8-18-11-24-21(10-19(18)9-17)25-22(28)16-5-3-15(13-27)4-6-16/h7-12,15-16,27H,3-6,13H2,1-2H3,(H,24,25,28). The van der Waals surface area contributed by atoms with Gasteiger partial charge in [-0.1, -0.05) is 12.1 Å². The number of benzene rings is 1. The van der Waals surface area contributed by atoms with Crippen LogP contribution in [0.1, 0.15) is 31.5 Å². The Labute approximate surface area is 164 Å². The highest BCUT2D eigenvalue weighted by Gasteiger charge is 2.26. The molecule has 1 fully saturated rings. The zero-order chi connectivity index (χ0) is 19.7. The smallest absolute Gasteiger partial charge is 0.228 e. The van der Waals surface area contributed by atoms with Crippen molar-refractivity contribution in [3.05, 3.63) is 42.5 Å². The fraction of sp³-hybridized carbons (Fsp3) is 0.409. The summed E-state index contributed by atoms with van der Waals surface area (Å²) in [6, 6.07) is 8.15. The number of pyridine rings is 1. The van der Waals surface area contributed by atoms with E-state index in [9.17, 15) is 9.90 Å². The van der Waals surface area contributed by atoms with Crippen molar-refractivity contribution in [1.29, 1.82) is 0 Å². The van der Waals surface area contributed by atoms with Crippen molar-refractivity contribution in [2.75, 3.05) is 11.9 Å². The van der Waals surface area contributed by atoms with E-state index in [4.69, 9.17) is 0 Å². The number of aryl methyl sites for hydroxylation is 1. The van der Waals surface area contributed by atoms with Gasteiger partial charge in [-0.3, -0.25) is 4.79 Å². The van der Waals surface area contributed by atoms with Crippen molar-refractivity contribution in [2.24, 2.45) is 18.9 Å². The Morgan fingerprint density at radius 2 is 1.93 bits per heavy atom. The van der Waals surface area contributed by atoms with Crippen LogP contribution < -0.4 is 5.32 Å². The summed E-state index contributed by atoms with van der Waals surface area (Å²) in [6.45, 7) is 2.20. The number of carbonyl (C=O) groups excluding carboxylic acids is 1. The first-order valence-electron chi connectivity index (χ1n) is 9.85. The van der Waals surface area contributed by atoms with Gasteiger partial charge in [0, 0.05) is 36.7 Å². The van der Waals surface area contributed by atoms with E-state index in [1.54, 1.807) is 6.20 Å². The average molecular weight is 378 g/mol. The van der Waals surface area contributed by atoms with Crippen LogP contribution in [0.25, 0.3) is 22.0 Å². The molecule has 2 N–H and O–H groups in total. The van der Waals surface area contributed by atoms with E-state index >= 15 is 0 Å². The molecule has 0 aliphatic heterocycles. The summed E-state index contributed by atoms with van der Waals surface area (Å²) in [6.07, 6.45) is 7.15. The quantitative estimate of drug-likeness (QED) is 0.726. The van der Waals surface area contributed by atoms with Crippen molar-refractivity contribution in [3.8, 4) is 11.3 Å². The highest BCUT2D eigenvalue weighted by Crippen LogP contribution is 2.30. The number of rotatable bonds is 4. The van der Waals surface area contributed by atoms with E-state index in [1.165, 1.54) is 0 Å². The van der Waals surface area contributed by atoms with E-state index in [2.05, 4.69) is 32.0 Å². The third-order valence-corrected chi connectivity index (χ3v) is 5.96. The van der Waals surface area contributed by atoms with Gasteiger partial charge in [0.25, 0.3) is 0 Å². The van der Waals surface area contributed by atoms with Crippen LogP contribution in [-0.2, 0) is 11.8 Å². The summed E-state index contributed by atoms with van der Waals surface area (Å²) < 4.78 is 2.06. The van der Waals surface area contributed by atoms with Gasteiger partial charge < -0.3 is 15.0 Å². The first-order valence-corrected chi connectivity index (χ1v) is 9.85. The molecule has 6 nitrogen and oxygen atoms in total. The molecule has 4 rings (SSSR count). The summed E-state index contributed by atoms with van der Waals surface area (Å²) in [5.74, 6) is 1.93. The molecule has 1 aliphatic rings. The van der Waals surface area contributed by atoms with Crippen LogP contribution in [0, 0.1) is 18.8 Å². The molecule has 0 radical (unpaired) electrons. The van der Waals surface area contributed by atoms with Crippen LogP contribution in [-0.4, -0.2) is 32.2 Å². The third kappa shape index (κ3) is 3.64. The molecular weight excluding hydrogens is 352 g/mol. The lowest BCUT2D eigenvalue weighted by Gasteiger charge is -2.26. The van der Waals surface area contributed by atoms with Crippen LogP contribution >= 0.6 is 0 Å². The second-order valence-corrected chi connectivity index (χ2v) is 7.77. The van der Waals surface area contributed by atoms with Gasteiger partial charge >= 0.3 is 0 Å². The Balaban J connectivity index is 1.54. The fourth-order valence-electron chi connectivity index (χ4n) is 3.97. The number of nitrogens with zero attached hydrogens (tertiary/aromatic N) is 3. The van der Waals surface area contributed by atoms with E-state index in [0.29, 0.717) is 11.7 Å². The summed E-state index contributed by atoms with van der Waals surface area (Å²) in [4.78, 5) is 21.4. The van der Waals surface area contributed by atoms with Gasteiger partial charge in [0.05, 0.1) is 11.9 Å². The van der Waals surface area contributed by atoms with Crippen LogP contribution in [0.2, 0.25) is 0 Å². The number of aromatic nitrogens is 3. The lowest BCUT2D eigenvalue weighted by atomic mass is 9.82. The third-order valence-electron chi connectivity index (χ3n) is 5.96. The van der Waals surface area contributed by atoms with Gasteiger partial charge in [0.15, 0.2) is 0 Å². The molecule has 146 valence electrons. The van der Waals surface area contributed by atoms with E-state index in [-0.39, 0.29) is 18.4 Å². The van der Waals surface area contributed by atoms with Gasteiger partial charge in [-0.15, -0.1) is 0 Å². The minimum absolute atomic E-state index is 0.00375. The summed E-state index contributed by atoms with van der Waals surface area (Å²) >= 11 is 0. The molecule has 1 amide bonds.